The third kappa shape index (κ3) is 8.23. The van der Waals surface area contributed by atoms with Gasteiger partial charge < -0.3 is 9.29 Å². The first-order valence-corrected chi connectivity index (χ1v) is 10.2. The minimum Gasteiger partial charge on any atom is -0.744 e. The smallest absolute Gasteiger partial charge is 0.744 e. The molecule has 0 amide bonds. The van der Waals surface area contributed by atoms with E-state index in [9.17, 15) is 13.0 Å². The fraction of sp³-hybridized carbons (Fsp3) is 0.400. The Morgan fingerprint density at radius 2 is 1.50 bits per heavy atom. The molecule has 4 nitrogen and oxygen atoms in total. The summed E-state index contributed by atoms with van der Waals surface area (Å²) in [6.07, 6.45) is 8.53. The molecule has 6 heteroatoms. The van der Waals surface area contributed by atoms with Gasteiger partial charge in [-0.25, -0.2) is 8.42 Å². The molecule has 0 radical (unpaired) electrons. The zero-order valence-corrected chi connectivity index (χ0v) is 18.4. The standard InChI is InChI=1S/C20H26O4S.Na/c1-2-3-4-5-6-7-10-17-11-8-12-18(15-17)24-19-13-9-14-20(16-19)25(21,22)23;/h8-9,11-16H,2-7,10H2,1H3,(H,21,22,23);/q;+1/p-1. The van der Waals surface area contributed by atoms with Crippen LogP contribution in [-0.2, 0) is 16.5 Å². The molecule has 0 spiro atoms. The summed E-state index contributed by atoms with van der Waals surface area (Å²) < 4.78 is 39.0. The predicted octanol–water partition coefficient (Wildman–Crippen LogP) is 2.29. The summed E-state index contributed by atoms with van der Waals surface area (Å²) in [5, 5.41) is 0. The van der Waals surface area contributed by atoms with Crippen molar-refractivity contribution in [3.8, 4) is 11.5 Å². The van der Waals surface area contributed by atoms with Crippen LogP contribution >= 0.6 is 0 Å². The first-order valence-electron chi connectivity index (χ1n) is 8.82. The van der Waals surface area contributed by atoms with Crippen molar-refractivity contribution in [2.45, 2.75) is 56.8 Å². The summed E-state index contributed by atoms with van der Waals surface area (Å²) in [7, 11) is -4.48. The minimum absolute atomic E-state index is 0. The molecule has 0 saturated heterocycles. The number of rotatable bonds is 10. The van der Waals surface area contributed by atoms with E-state index in [1.807, 2.05) is 18.2 Å². The molecule has 0 fully saturated rings. The zero-order valence-electron chi connectivity index (χ0n) is 15.6. The number of ether oxygens (including phenoxy) is 1. The van der Waals surface area contributed by atoms with Gasteiger partial charge in [0.25, 0.3) is 0 Å². The summed E-state index contributed by atoms with van der Waals surface area (Å²) in [5.41, 5.74) is 1.19. The molecular formula is C20H25NaO4S. The van der Waals surface area contributed by atoms with Gasteiger partial charge in [-0.05, 0) is 48.7 Å². The van der Waals surface area contributed by atoms with E-state index in [0.29, 0.717) is 11.5 Å². The van der Waals surface area contributed by atoms with E-state index < -0.39 is 10.1 Å². The Bertz CT molecular complexity index is 775. The van der Waals surface area contributed by atoms with Crippen LogP contribution in [0.25, 0.3) is 0 Å². The first-order chi connectivity index (χ1) is 12.0. The molecule has 26 heavy (non-hydrogen) atoms. The Hall–Kier alpha value is -0.850. The zero-order chi connectivity index (χ0) is 18.1. The van der Waals surface area contributed by atoms with E-state index in [1.165, 1.54) is 55.9 Å². The minimum atomic E-state index is -4.48. The van der Waals surface area contributed by atoms with Crippen molar-refractivity contribution in [2.24, 2.45) is 0 Å². The topological polar surface area (TPSA) is 66.4 Å². The molecule has 136 valence electrons. The molecule has 0 aliphatic carbocycles. The van der Waals surface area contributed by atoms with Crippen LogP contribution in [0.5, 0.6) is 11.5 Å². The second-order valence-corrected chi connectivity index (χ2v) is 7.58. The van der Waals surface area contributed by atoms with E-state index in [2.05, 4.69) is 13.0 Å². The fourth-order valence-corrected chi connectivity index (χ4v) is 3.21. The van der Waals surface area contributed by atoms with Crippen molar-refractivity contribution in [1.29, 1.82) is 0 Å². The van der Waals surface area contributed by atoms with E-state index in [1.54, 1.807) is 6.07 Å². The average molecular weight is 384 g/mol. The molecule has 2 aromatic rings. The van der Waals surface area contributed by atoms with Crippen molar-refractivity contribution in [1.82, 2.24) is 0 Å². The van der Waals surface area contributed by atoms with Gasteiger partial charge in [0.15, 0.2) is 0 Å². The van der Waals surface area contributed by atoms with Gasteiger partial charge in [0.2, 0.25) is 0 Å². The van der Waals surface area contributed by atoms with Crippen molar-refractivity contribution >= 4 is 10.1 Å². The Kier molecular flexibility index (Phi) is 10.5. The summed E-state index contributed by atoms with van der Waals surface area (Å²) in [5.74, 6) is 0.984. The van der Waals surface area contributed by atoms with Gasteiger partial charge in [-0.3, -0.25) is 0 Å². The first kappa shape index (κ1) is 23.2. The number of unbranched alkanes of at least 4 members (excludes halogenated alkanes) is 5. The third-order valence-electron chi connectivity index (χ3n) is 4.05. The Morgan fingerprint density at radius 3 is 2.19 bits per heavy atom. The predicted molar refractivity (Wildman–Crippen MR) is 98.0 cm³/mol. The Balaban J connectivity index is 0.00000338. The van der Waals surface area contributed by atoms with Crippen LogP contribution < -0.4 is 34.3 Å². The molecule has 2 rings (SSSR count). The molecule has 0 aromatic heterocycles. The van der Waals surface area contributed by atoms with E-state index in [-0.39, 0.29) is 34.5 Å². The van der Waals surface area contributed by atoms with Crippen molar-refractivity contribution < 1.29 is 47.3 Å². The molecule has 0 bridgehead atoms. The van der Waals surface area contributed by atoms with Crippen molar-refractivity contribution in [3.05, 3.63) is 54.1 Å². The quantitative estimate of drug-likeness (QED) is 0.358. The molecule has 0 aliphatic rings. The maximum absolute atomic E-state index is 11.1. The van der Waals surface area contributed by atoms with Crippen LogP contribution in [-0.4, -0.2) is 13.0 Å². The molecule has 0 aliphatic heterocycles. The van der Waals surface area contributed by atoms with Gasteiger partial charge in [-0.2, -0.15) is 0 Å². The summed E-state index contributed by atoms with van der Waals surface area (Å²) >= 11 is 0. The molecule has 0 saturated carbocycles. The van der Waals surface area contributed by atoms with E-state index in [4.69, 9.17) is 4.74 Å². The number of hydrogen-bond donors (Lipinski definition) is 0. The van der Waals surface area contributed by atoms with Gasteiger partial charge in [-0.1, -0.05) is 57.2 Å². The van der Waals surface area contributed by atoms with Crippen LogP contribution in [0.2, 0.25) is 0 Å². The fourth-order valence-electron chi connectivity index (χ4n) is 2.70. The molecule has 0 atom stereocenters. The van der Waals surface area contributed by atoms with E-state index in [0.717, 1.165) is 12.8 Å². The average Bonchev–Trinajstić information content (AvgIpc) is 2.58. The van der Waals surface area contributed by atoms with Gasteiger partial charge in [0, 0.05) is 0 Å². The second-order valence-electron chi connectivity index (χ2n) is 6.20. The number of hydrogen-bond acceptors (Lipinski definition) is 4. The summed E-state index contributed by atoms with van der Waals surface area (Å²) in [4.78, 5) is -0.284. The molecule has 0 N–H and O–H groups in total. The second kappa shape index (κ2) is 11.8. The normalized spacial score (nSPS) is 11.0. The molecule has 0 unspecified atom stereocenters. The van der Waals surface area contributed by atoms with Gasteiger partial charge in [0.05, 0.1) is 4.90 Å². The van der Waals surface area contributed by atoms with Gasteiger partial charge in [-0.15, -0.1) is 0 Å². The van der Waals surface area contributed by atoms with Crippen LogP contribution in [0.3, 0.4) is 0 Å². The van der Waals surface area contributed by atoms with Crippen LogP contribution in [0.4, 0.5) is 0 Å². The molecular weight excluding hydrogens is 359 g/mol. The van der Waals surface area contributed by atoms with Crippen molar-refractivity contribution in [3.63, 3.8) is 0 Å². The largest absolute Gasteiger partial charge is 1.00 e. The maximum Gasteiger partial charge on any atom is 1.00 e. The Labute approximate surface area is 179 Å². The SMILES string of the molecule is CCCCCCCCc1cccc(Oc2cccc(S(=O)(=O)[O-])c2)c1.[Na+]. The van der Waals surface area contributed by atoms with Crippen LogP contribution in [0.1, 0.15) is 51.0 Å². The molecule has 2 aromatic carbocycles. The maximum atomic E-state index is 11.1. The van der Waals surface area contributed by atoms with Gasteiger partial charge in [0.1, 0.15) is 21.6 Å². The summed E-state index contributed by atoms with van der Waals surface area (Å²) in [6.45, 7) is 2.22. The number of benzene rings is 2. The number of aryl methyl sites for hydroxylation is 1. The van der Waals surface area contributed by atoms with Crippen LogP contribution in [0, 0.1) is 0 Å². The Morgan fingerprint density at radius 1 is 0.885 bits per heavy atom. The van der Waals surface area contributed by atoms with Crippen LogP contribution in [0.15, 0.2) is 53.4 Å². The van der Waals surface area contributed by atoms with E-state index >= 15 is 0 Å². The third-order valence-corrected chi connectivity index (χ3v) is 4.88. The molecule has 0 heterocycles. The van der Waals surface area contributed by atoms with Crippen molar-refractivity contribution in [2.75, 3.05) is 0 Å². The van der Waals surface area contributed by atoms with Gasteiger partial charge >= 0.3 is 29.6 Å². The monoisotopic (exact) mass is 384 g/mol. The summed E-state index contributed by atoms with van der Waals surface area (Å²) in [6, 6.07) is 13.4.